The van der Waals surface area contributed by atoms with E-state index < -0.39 is 0 Å². The third-order valence-electron chi connectivity index (χ3n) is 5.12. The van der Waals surface area contributed by atoms with Crippen molar-refractivity contribution in [2.45, 2.75) is 65.2 Å². The number of hydrogen-bond donors (Lipinski definition) is 0. The van der Waals surface area contributed by atoms with Crippen LogP contribution in [0, 0.1) is 19.3 Å². The van der Waals surface area contributed by atoms with Gasteiger partial charge >= 0.3 is 5.97 Å². The first-order chi connectivity index (χ1) is 10.9. The maximum Gasteiger partial charge on any atom is 0.306 e. The van der Waals surface area contributed by atoms with Crippen LogP contribution in [0.15, 0.2) is 18.2 Å². The van der Waals surface area contributed by atoms with E-state index in [0.29, 0.717) is 19.3 Å². The zero-order chi connectivity index (χ0) is 16.9. The summed E-state index contributed by atoms with van der Waals surface area (Å²) in [5.41, 5.74) is 3.31. The van der Waals surface area contributed by atoms with Crippen LogP contribution >= 0.6 is 0 Å². The van der Waals surface area contributed by atoms with E-state index in [9.17, 15) is 9.59 Å². The van der Waals surface area contributed by atoms with Crippen LogP contribution in [0.5, 0.6) is 0 Å². The third kappa shape index (κ3) is 4.92. The molecule has 3 nitrogen and oxygen atoms in total. The number of Topliss-reactive ketones (excluding diaryl/α,β-unsaturated/α-hetero) is 1. The molecule has 0 radical (unpaired) electrons. The lowest BCUT2D eigenvalue weighted by Gasteiger charge is -2.36. The number of esters is 1. The first-order valence-electron chi connectivity index (χ1n) is 8.59. The van der Waals surface area contributed by atoms with Crippen molar-refractivity contribution in [3.05, 3.63) is 34.9 Å². The Balaban J connectivity index is 2.06. The van der Waals surface area contributed by atoms with Crippen molar-refractivity contribution in [3.8, 4) is 0 Å². The van der Waals surface area contributed by atoms with Crippen molar-refractivity contribution < 1.29 is 14.3 Å². The lowest BCUT2D eigenvalue weighted by molar-refractivity contribution is -0.144. The van der Waals surface area contributed by atoms with Gasteiger partial charge < -0.3 is 4.74 Å². The van der Waals surface area contributed by atoms with Crippen molar-refractivity contribution in [2.24, 2.45) is 5.41 Å². The number of benzene rings is 1. The van der Waals surface area contributed by atoms with E-state index in [1.807, 2.05) is 0 Å². The Bertz CT molecular complexity index is 568. The predicted molar refractivity (Wildman–Crippen MR) is 91.4 cm³/mol. The van der Waals surface area contributed by atoms with Crippen LogP contribution < -0.4 is 0 Å². The van der Waals surface area contributed by atoms with Crippen LogP contribution in [0.1, 0.15) is 61.6 Å². The quantitative estimate of drug-likeness (QED) is 0.734. The van der Waals surface area contributed by atoms with Crippen LogP contribution in [0.2, 0.25) is 0 Å². The molecule has 3 heteroatoms. The molecule has 1 aliphatic rings. The molecule has 23 heavy (non-hydrogen) atoms. The van der Waals surface area contributed by atoms with Gasteiger partial charge in [-0.2, -0.15) is 0 Å². The zero-order valence-corrected chi connectivity index (χ0v) is 14.6. The van der Waals surface area contributed by atoms with Crippen molar-refractivity contribution in [1.82, 2.24) is 0 Å². The second-order valence-corrected chi connectivity index (χ2v) is 7.14. The van der Waals surface area contributed by atoms with Crippen molar-refractivity contribution in [2.75, 3.05) is 7.11 Å². The fourth-order valence-corrected chi connectivity index (χ4v) is 3.83. The fraction of sp³-hybridized carbons (Fsp3) is 0.600. The fourth-order valence-electron chi connectivity index (χ4n) is 3.83. The third-order valence-corrected chi connectivity index (χ3v) is 5.12. The van der Waals surface area contributed by atoms with Crippen LogP contribution in [-0.4, -0.2) is 18.9 Å². The summed E-state index contributed by atoms with van der Waals surface area (Å²) in [5, 5.41) is 0. The molecule has 0 aliphatic heterocycles. The van der Waals surface area contributed by atoms with Gasteiger partial charge in [-0.15, -0.1) is 0 Å². The molecule has 0 atom stereocenters. The summed E-state index contributed by atoms with van der Waals surface area (Å²) >= 11 is 0. The lowest BCUT2D eigenvalue weighted by Crippen LogP contribution is -2.31. The highest BCUT2D eigenvalue weighted by Gasteiger charge is 2.36. The second kappa shape index (κ2) is 7.76. The number of hydrogen-bond acceptors (Lipinski definition) is 3. The monoisotopic (exact) mass is 316 g/mol. The highest BCUT2D eigenvalue weighted by atomic mass is 16.5. The first kappa shape index (κ1) is 17.7. The van der Waals surface area contributed by atoms with E-state index in [-0.39, 0.29) is 17.2 Å². The van der Waals surface area contributed by atoms with E-state index in [0.717, 1.165) is 31.2 Å². The molecule has 1 aromatic carbocycles. The van der Waals surface area contributed by atoms with Crippen molar-refractivity contribution in [3.63, 3.8) is 0 Å². The molecule has 0 heterocycles. The normalized spacial score (nSPS) is 16.8. The van der Waals surface area contributed by atoms with Gasteiger partial charge in [-0.25, -0.2) is 0 Å². The molecule has 1 aliphatic carbocycles. The van der Waals surface area contributed by atoms with Crippen LogP contribution in [0.3, 0.4) is 0 Å². The Morgan fingerprint density at radius 3 is 2.39 bits per heavy atom. The number of aryl methyl sites for hydroxylation is 2. The van der Waals surface area contributed by atoms with Crippen LogP contribution in [0.4, 0.5) is 0 Å². The smallest absolute Gasteiger partial charge is 0.306 e. The molecule has 0 bridgehead atoms. The number of ether oxygens (including phenoxy) is 1. The van der Waals surface area contributed by atoms with Gasteiger partial charge in [0.25, 0.3) is 0 Å². The molecular formula is C20H28O3. The number of ketones is 1. The van der Waals surface area contributed by atoms with Gasteiger partial charge in [0.15, 0.2) is 0 Å². The topological polar surface area (TPSA) is 43.4 Å². The summed E-state index contributed by atoms with van der Waals surface area (Å²) in [5.74, 6) is 0.0500. The highest BCUT2D eigenvalue weighted by molar-refractivity contribution is 5.82. The van der Waals surface area contributed by atoms with E-state index in [1.165, 1.54) is 24.7 Å². The molecule has 0 N–H and O–H groups in total. The number of carbonyl (C=O) groups is 2. The van der Waals surface area contributed by atoms with Crippen molar-refractivity contribution in [1.29, 1.82) is 0 Å². The Hall–Kier alpha value is -1.64. The summed E-state index contributed by atoms with van der Waals surface area (Å²) in [4.78, 5) is 24.4. The maximum atomic E-state index is 12.6. The number of rotatable bonds is 6. The average molecular weight is 316 g/mol. The first-order valence-corrected chi connectivity index (χ1v) is 8.59. The van der Waals surface area contributed by atoms with E-state index in [1.54, 1.807) is 0 Å². The molecule has 0 saturated heterocycles. The van der Waals surface area contributed by atoms with Gasteiger partial charge in [0.1, 0.15) is 5.78 Å². The summed E-state index contributed by atoms with van der Waals surface area (Å²) < 4.78 is 4.86. The lowest BCUT2D eigenvalue weighted by atomic mass is 9.68. The molecule has 2 rings (SSSR count). The zero-order valence-electron chi connectivity index (χ0n) is 14.6. The summed E-state index contributed by atoms with van der Waals surface area (Å²) in [6.07, 6.45) is 6.67. The van der Waals surface area contributed by atoms with Crippen LogP contribution in [-0.2, 0) is 20.7 Å². The number of methoxy groups -OCH3 is 1. The van der Waals surface area contributed by atoms with Crippen LogP contribution in [0.25, 0.3) is 0 Å². The molecule has 1 saturated carbocycles. The van der Waals surface area contributed by atoms with Crippen molar-refractivity contribution >= 4 is 11.8 Å². The minimum atomic E-state index is -0.189. The summed E-state index contributed by atoms with van der Waals surface area (Å²) in [7, 11) is 1.43. The Labute approximate surface area is 139 Å². The molecule has 1 aromatic rings. The van der Waals surface area contributed by atoms with Gasteiger partial charge in [-0.05, 0) is 43.2 Å². The van der Waals surface area contributed by atoms with E-state index in [2.05, 4.69) is 32.0 Å². The van der Waals surface area contributed by atoms with Gasteiger partial charge in [0, 0.05) is 12.8 Å². The Morgan fingerprint density at radius 1 is 1.09 bits per heavy atom. The molecule has 0 amide bonds. The molecular weight excluding hydrogens is 288 g/mol. The van der Waals surface area contributed by atoms with E-state index in [4.69, 9.17) is 4.74 Å². The maximum absolute atomic E-state index is 12.6. The van der Waals surface area contributed by atoms with Gasteiger partial charge in [-0.3, -0.25) is 9.59 Å². The predicted octanol–water partition coefficient (Wildman–Crippen LogP) is 4.32. The molecule has 0 aromatic heterocycles. The molecule has 0 spiro atoms. The van der Waals surface area contributed by atoms with Gasteiger partial charge in [-0.1, -0.05) is 43.0 Å². The van der Waals surface area contributed by atoms with Gasteiger partial charge in [0.2, 0.25) is 0 Å². The Kier molecular flexibility index (Phi) is 5.97. The largest absolute Gasteiger partial charge is 0.469 e. The highest BCUT2D eigenvalue weighted by Crippen LogP contribution is 2.43. The second-order valence-electron chi connectivity index (χ2n) is 7.14. The SMILES string of the molecule is COC(=O)CC1(CC(=O)Cc2ccc(C)cc2C)CCCCC1. The Morgan fingerprint density at radius 2 is 1.78 bits per heavy atom. The van der Waals surface area contributed by atoms with E-state index >= 15 is 0 Å². The molecule has 126 valence electrons. The average Bonchev–Trinajstić information content (AvgIpc) is 2.50. The summed E-state index contributed by atoms with van der Waals surface area (Å²) in [6, 6.07) is 6.23. The molecule has 0 unspecified atom stereocenters. The summed E-state index contributed by atoms with van der Waals surface area (Å²) in [6.45, 7) is 4.12. The number of carbonyl (C=O) groups excluding carboxylic acids is 2. The minimum Gasteiger partial charge on any atom is -0.469 e. The molecule has 1 fully saturated rings. The standard InChI is InChI=1S/C20H28O3/c1-15-7-8-17(16(2)11-15)12-18(21)13-20(14-19(22)23-3)9-5-4-6-10-20/h7-8,11H,4-6,9-10,12-14H2,1-3H3. The minimum absolute atomic E-state index is 0.180. The van der Waals surface area contributed by atoms with Gasteiger partial charge in [0.05, 0.1) is 13.5 Å².